The van der Waals surface area contributed by atoms with Crippen LogP contribution in [0.1, 0.15) is 27.4 Å². The molecule has 4 rings (SSSR count). The zero-order valence-electron chi connectivity index (χ0n) is 20.0. The number of rotatable bonds is 7. The molecule has 188 valence electrons. The average Bonchev–Trinajstić information content (AvgIpc) is 2.91. The first-order valence-electron chi connectivity index (χ1n) is 10.8. The number of ether oxygens (including phenoxy) is 5. The van der Waals surface area contributed by atoms with Crippen LogP contribution >= 0.6 is 0 Å². The van der Waals surface area contributed by atoms with E-state index >= 15 is 0 Å². The number of allylic oxidation sites excluding steroid dienone is 1. The second-order valence-electron chi connectivity index (χ2n) is 7.78. The molecule has 3 aromatic carbocycles. The molecule has 1 aliphatic heterocycles. The zero-order chi connectivity index (χ0) is 26.7. The van der Waals surface area contributed by atoms with E-state index < -0.39 is 16.8 Å². The molecule has 0 spiro atoms. The van der Waals surface area contributed by atoms with Gasteiger partial charge < -0.3 is 29.4 Å². The molecule has 0 bridgehead atoms. The number of benzene rings is 3. The number of hydrogen-bond acceptors (Lipinski definition) is 10. The van der Waals surface area contributed by atoms with Crippen LogP contribution in [-0.2, 0) is 0 Å². The standard InChI is InChI=1S/C26H21N3O8/c1-33-21-10-15(11-22(34-2)24(21)35-3)26(30)36-17-8-9-18-20(12-17)37-25(28)19(13-27)23(18)14-4-6-16(7-5-14)29(31)32/h4-12,23H,28H2,1-3H3. The summed E-state index contributed by atoms with van der Waals surface area (Å²) in [7, 11) is 4.32. The van der Waals surface area contributed by atoms with Crippen LogP contribution in [0.3, 0.4) is 0 Å². The number of carbonyl (C=O) groups excluding carboxylic acids is 1. The fourth-order valence-corrected chi connectivity index (χ4v) is 4.00. The Bertz CT molecular complexity index is 1430. The molecule has 0 saturated heterocycles. The van der Waals surface area contributed by atoms with Gasteiger partial charge in [0.2, 0.25) is 11.6 Å². The van der Waals surface area contributed by atoms with Crippen LogP contribution in [0.5, 0.6) is 28.7 Å². The van der Waals surface area contributed by atoms with Gasteiger partial charge in [0.25, 0.3) is 5.69 Å². The molecule has 2 N–H and O–H groups in total. The van der Waals surface area contributed by atoms with Gasteiger partial charge >= 0.3 is 5.97 Å². The molecular weight excluding hydrogens is 482 g/mol. The number of non-ortho nitro benzene ring substituents is 1. The maximum Gasteiger partial charge on any atom is 0.343 e. The van der Waals surface area contributed by atoms with E-state index in [0.29, 0.717) is 16.9 Å². The summed E-state index contributed by atoms with van der Waals surface area (Å²) < 4.78 is 27.0. The minimum atomic E-state index is -0.692. The summed E-state index contributed by atoms with van der Waals surface area (Å²) in [5.41, 5.74) is 7.44. The number of hydrogen-bond donors (Lipinski definition) is 1. The van der Waals surface area contributed by atoms with Crippen molar-refractivity contribution in [3.8, 4) is 34.8 Å². The Hall–Kier alpha value is -5.24. The van der Waals surface area contributed by atoms with E-state index in [4.69, 9.17) is 29.4 Å². The van der Waals surface area contributed by atoms with Gasteiger partial charge in [-0.15, -0.1) is 0 Å². The lowest BCUT2D eigenvalue weighted by Gasteiger charge is -2.26. The summed E-state index contributed by atoms with van der Waals surface area (Å²) in [5.74, 6) is -0.102. The normalized spacial score (nSPS) is 14.1. The van der Waals surface area contributed by atoms with E-state index in [0.717, 1.165) is 0 Å². The zero-order valence-corrected chi connectivity index (χ0v) is 20.0. The molecule has 0 fully saturated rings. The third-order valence-corrected chi connectivity index (χ3v) is 5.74. The van der Waals surface area contributed by atoms with Crippen molar-refractivity contribution in [2.24, 2.45) is 5.73 Å². The van der Waals surface area contributed by atoms with Gasteiger partial charge in [0.15, 0.2) is 11.5 Å². The number of carbonyl (C=O) groups is 1. The number of nitrogens with two attached hydrogens (primary N) is 1. The summed E-state index contributed by atoms with van der Waals surface area (Å²) in [5, 5.41) is 20.7. The van der Waals surface area contributed by atoms with Gasteiger partial charge in [-0.2, -0.15) is 5.26 Å². The van der Waals surface area contributed by atoms with Gasteiger partial charge in [-0.05, 0) is 23.8 Å². The number of nitro benzene ring substituents is 1. The Morgan fingerprint density at radius 3 is 2.22 bits per heavy atom. The molecule has 0 saturated carbocycles. The minimum Gasteiger partial charge on any atom is -0.493 e. The molecule has 1 atom stereocenters. The summed E-state index contributed by atoms with van der Waals surface area (Å²) in [6.45, 7) is 0. The average molecular weight is 503 g/mol. The highest BCUT2D eigenvalue weighted by Gasteiger charge is 2.31. The van der Waals surface area contributed by atoms with Crippen LogP contribution in [0.2, 0.25) is 0 Å². The number of nitrogens with zero attached hydrogens (tertiary/aromatic N) is 2. The Kier molecular flexibility index (Phi) is 6.84. The third kappa shape index (κ3) is 4.68. The fraction of sp³-hybridized carbons (Fsp3) is 0.154. The number of nitro groups is 1. The molecule has 0 radical (unpaired) electrons. The SMILES string of the molecule is COc1cc(C(=O)Oc2ccc3c(c2)OC(N)=C(C#N)C3c2ccc([N+](=O)[O-])cc2)cc(OC)c1OC. The van der Waals surface area contributed by atoms with Crippen molar-refractivity contribution in [1.29, 1.82) is 5.26 Å². The van der Waals surface area contributed by atoms with Crippen molar-refractivity contribution in [1.82, 2.24) is 0 Å². The van der Waals surface area contributed by atoms with Gasteiger partial charge in [-0.3, -0.25) is 10.1 Å². The second-order valence-corrected chi connectivity index (χ2v) is 7.78. The molecular formula is C26H21N3O8. The topological polar surface area (TPSA) is 156 Å². The smallest absolute Gasteiger partial charge is 0.343 e. The molecule has 0 aliphatic carbocycles. The summed E-state index contributed by atoms with van der Waals surface area (Å²) in [4.78, 5) is 23.4. The van der Waals surface area contributed by atoms with Crippen LogP contribution < -0.4 is 29.4 Å². The van der Waals surface area contributed by atoms with Crippen LogP contribution in [0.25, 0.3) is 0 Å². The van der Waals surface area contributed by atoms with E-state index in [1.54, 1.807) is 24.3 Å². The van der Waals surface area contributed by atoms with Crippen molar-refractivity contribution in [3.63, 3.8) is 0 Å². The summed E-state index contributed by atoms with van der Waals surface area (Å²) >= 11 is 0. The largest absolute Gasteiger partial charge is 0.493 e. The highest BCUT2D eigenvalue weighted by atomic mass is 16.6. The van der Waals surface area contributed by atoms with Crippen LogP contribution in [0.15, 0.2) is 66.1 Å². The summed E-state index contributed by atoms with van der Waals surface area (Å²) in [6.07, 6.45) is 0. The Morgan fingerprint density at radius 1 is 1.03 bits per heavy atom. The lowest BCUT2D eigenvalue weighted by molar-refractivity contribution is -0.384. The van der Waals surface area contributed by atoms with Crippen molar-refractivity contribution < 1.29 is 33.4 Å². The van der Waals surface area contributed by atoms with Gasteiger partial charge in [-0.25, -0.2) is 4.79 Å². The fourth-order valence-electron chi connectivity index (χ4n) is 4.00. The molecule has 11 heteroatoms. The predicted octanol–water partition coefficient (Wildman–Crippen LogP) is 4.06. The van der Waals surface area contributed by atoms with Crippen molar-refractivity contribution in [3.05, 3.63) is 92.9 Å². The number of esters is 1. The van der Waals surface area contributed by atoms with Gasteiger partial charge in [-0.1, -0.05) is 18.2 Å². The minimum absolute atomic E-state index is 0.0828. The quantitative estimate of drug-likeness (QED) is 0.216. The third-order valence-electron chi connectivity index (χ3n) is 5.74. The second kappa shape index (κ2) is 10.2. The lowest BCUT2D eigenvalue weighted by Crippen LogP contribution is -2.21. The molecule has 37 heavy (non-hydrogen) atoms. The van der Waals surface area contributed by atoms with E-state index in [1.807, 2.05) is 0 Å². The van der Waals surface area contributed by atoms with Crippen molar-refractivity contribution >= 4 is 11.7 Å². The first kappa shape index (κ1) is 24.9. The highest BCUT2D eigenvalue weighted by Crippen LogP contribution is 2.44. The maximum absolute atomic E-state index is 12.9. The molecule has 11 nitrogen and oxygen atoms in total. The van der Waals surface area contributed by atoms with Crippen molar-refractivity contribution in [2.45, 2.75) is 5.92 Å². The van der Waals surface area contributed by atoms with Gasteiger partial charge in [0.05, 0.1) is 37.7 Å². The Balaban J connectivity index is 1.67. The van der Waals surface area contributed by atoms with E-state index in [2.05, 4.69) is 6.07 Å². The Labute approximate surface area is 211 Å². The van der Waals surface area contributed by atoms with Gasteiger partial charge in [0.1, 0.15) is 23.1 Å². The predicted molar refractivity (Wildman–Crippen MR) is 130 cm³/mol. The van der Waals surface area contributed by atoms with E-state index in [9.17, 15) is 20.2 Å². The van der Waals surface area contributed by atoms with Crippen LogP contribution in [0, 0.1) is 21.4 Å². The molecule has 0 aromatic heterocycles. The monoisotopic (exact) mass is 503 g/mol. The van der Waals surface area contributed by atoms with Crippen molar-refractivity contribution in [2.75, 3.05) is 21.3 Å². The number of nitriles is 1. The maximum atomic E-state index is 12.9. The van der Waals surface area contributed by atoms with E-state index in [-0.39, 0.29) is 45.7 Å². The lowest BCUT2D eigenvalue weighted by atomic mass is 9.83. The first-order valence-corrected chi connectivity index (χ1v) is 10.8. The molecule has 1 unspecified atom stereocenters. The highest BCUT2D eigenvalue weighted by molar-refractivity contribution is 5.92. The molecule has 1 aliphatic rings. The molecule has 0 amide bonds. The van der Waals surface area contributed by atoms with Gasteiger partial charge in [0, 0.05) is 23.8 Å². The first-order chi connectivity index (χ1) is 17.8. The summed E-state index contributed by atoms with van der Waals surface area (Å²) in [6, 6.07) is 15.5. The molecule has 3 aromatic rings. The Morgan fingerprint density at radius 2 is 1.68 bits per heavy atom. The van der Waals surface area contributed by atoms with Crippen LogP contribution in [0.4, 0.5) is 5.69 Å². The molecule has 1 heterocycles. The van der Waals surface area contributed by atoms with Crippen LogP contribution in [-0.4, -0.2) is 32.2 Å². The number of fused-ring (bicyclic) bond motifs is 1. The van der Waals surface area contributed by atoms with E-state index in [1.165, 1.54) is 51.7 Å². The number of methoxy groups -OCH3 is 3.